The molecule has 72 valence electrons. The second kappa shape index (κ2) is 4.24. The van der Waals surface area contributed by atoms with Gasteiger partial charge in [-0.2, -0.15) is 0 Å². The van der Waals surface area contributed by atoms with Crippen LogP contribution >= 0.6 is 0 Å². The van der Waals surface area contributed by atoms with Gasteiger partial charge in [-0.25, -0.2) is 0 Å². The van der Waals surface area contributed by atoms with Gasteiger partial charge in [-0.3, -0.25) is 0 Å². The Bertz CT molecular complexity index is 120. The van der Waals surface area contributed by atoms with Crippen LogP contribution in [-0.2, 0) is 0 Å². The first-order chi connectivity index (χ1) is 5.58. The minimum absolute atomic E-state index is 0.0252. The monoisotopic (exact) mass is 170 g/mol. The van der Waals surface area contributed by atoms with E-state index in [1.807, 2.05) is 0 Å². The molecular formula is C10H22N2. The SMILES string of the molecule is CC(C)(N)CCC1CCCNC1. The predicted octanol–water partition coefficient (Wildman–Crippen LogP) is 1.50. The van der Waals surface area contributed by atoms with Crippen molar-refractivity contribution in [3.63, 3.8) is 0 Å². The molecule has 1 rings (SSSR count). The van der Waals surface area contributed by atoms with Crippen LogP contribution in [0.3, 0.4) is 0 Å². The molecule has 3 N–H and O–H groups in total. The second-order valence-electron chi connectivity index (χ2n) is 4.74. The summed E-state index contributed by atoms with van der Waals surface area (Å²) < 4.78 is 0. The van der Waals surface area contributed by atoms with Crippen molar-refractivity contribution in [3.8, 4) is 0 Å². The Labute approximate surface area is 75.9 Å². The molecule has 1 atom stereocenters. The highest BCUT2D eigenvalue weighted by Gasteiger charge is 2.17. The first-order valence-corrected chi connectivity index (χ1v) is 5.07. The summed E-state index contributed by atoms with van der Waals surface area (Å²) in [4.78, 5) is 0. The predicted molar refractivity (Wildman–Crippen MR) is 53.1 cm³/mol. The summed E-state index contributed by atoms with van der Waals surface area (Å²) in [5, 5.41) is 3.43. The Balaban J connectivity index is 2.13. The van der Waals surface area contributed by atoms with Gasteiger partial charge in [-0.05, 0) is 58.5 Å². The zero-order valence-corrected chi connectivity index (χ0v) is 8.40. The van der Waals surface area contributed by atoms with Crippen molar-refractivity contribution < 1.29 is 0 Å². The van der Waals surface area contributed by atoms with Gasteiger partial charge in [0.25, 0.3) is 0 Å². The van der Waals surface area contributed by atoms with Crippen LogP contribution in [0.15, 0.2) is 0 Å². The minimum atomic E-state index is 0.0252. The van der Waals surface area contributed by atoms with Crippen molar-refractivity contribution in [2.75, 3.05) is 13.1 Å². The van der Waals surface area contributed by atoms with Gasteiger partial charge in [0.05, 0.1) is 0 Å². The number of nitrogens with two attached hydrogens (primary N) is 1. The van der Waals surface area contributed by atoms with E-state index in [0.717, 1.165) is 12.3 Å². The Hall–Kier alpha value is -0.0800. The number of rotatable bonds is 3. The summed E-state index contributed by atoms with van der Waals surface area (Å²) in [5.74, 6) is 0.876. The zero-order chi connectivity index (χ0) is 9.03. The van der Waals surface area contributed by atoms with Gasteiger partial charge in [0.1, 0.15) is 0 Å². The molecule has 2 heteroatoms. The van der Waals surface area contributed by atoms with E-state index in [1.54, 1.807) is 0 Å². The molecule has 0 saturated carbocycles. The number of hydrogen-bond acceptors (Lipinski definition) is 2. The highest BCUT2D eigenvalue weighted by atomic mass is 14.9. The molecule has 12 heavy (non-hydrogen) atoms. The van der Waals surface area contributed by atoms with Gasteiger partial charge >= 0.3 is 0 Å². The van der Waals surface area contributed by atoms with Gasteiger partial charge in [0, 0.05) is 5.54 Å². The molecule has 2 nitrogen and oxygen atoms in total. The topological polar surface area (TPSA) is 38.0 Å². The van der Waals surface area contributed by atoms with Crippen LogP contribution in [0.4, 0.5) is 0 Å². The Kier molecular flexibility index (Phi) is 3.53. The molecule has 0 amide bonds. The fraction of sp³-hybridized carbons (Fsp3) is 1.00. The normalized spacial score (nSPS) is 25.8. The third kappa shape index (κ3) is 4.07. The molecular weight excluding hydrogens is 148 g/mol. The van der Waals surface area contributed by atoms with E-state index in [-0.39, 0.29) is 5.54 Å². The fourth-order valence-electron chi connectivity index (χ4n) is 1.75. The van der Waals surface area contributed by atoms with E-state index in [9.17, 15) is 0 Å². The van der Waals surface area contributed by atoms with E-state index < -0.39 is 0 Å². The molecule has 1 fully saturated rings. The van der Waals surface area contributed by atoms with Crippen LogP contribution in [-0.4, -0.2) is 18.6 Å². The lowest BCUT2D eigenvalue weighted by atomic mass is 9.89. The average Bonchev–Trinajstić information content (AvgIpc) is 2.02. The molecule has 0 aromatic heterocycles. The third-order valence-electron chi connectivity index (χ3n) is 2.60. The van der Waals surface area contributed by atoms with Crippen LogP contribution in [0.1, 0.15) is 39.5 Å². The molecule has 1 aliphatic rings. The van der Waals surface area contributed by atoms with E-state index in [2.05, 4.69) is 19.2 Å². The molecule has 0 aromatic rings. The van der Waals surface area contributed by atoms with Crippen molar-refractivity contribution in [2.45, 2.75) is 45.1 Å². The van der Waals surface area contributed by atoms with Crippen molar-refractivity contribution >= 4 is 0 Å². The maximum Gasteiger partial charge on any atom is 0.00971 e. The van der Waals surface area contributed by atoms with Crippen LogP contribution in [0.5, 0.6) is 0 Å². The lowest BCUT2D eigenvalue weighted by molar-refractivity contribution is 0.319. The van der Waals surface area contributed by atoms with E-state index in [4.69, 9.17) is 5.73 Å². The van der Waals surface area contributed by atoms with Crippen molar-refractivity contribution in [1.29, 1.82) is 0 Å². The van der Waals surface area contributed by atoms with Gasteiger partial charge in [0.2, 0.25) is 0 Å². The largest absolute Gasteiger partial charge is 0.326 e. The summed E-state index contributed by atoms with van der Waals surface area (Å²) in [5.41, 5.74) is 5.96. The molecule has 0 aromatic carbocycles. The van der Waals surface area contributed by atoms with Gasteiger partial charge in [-0.15, -0.1) is 0 Å². The lowest BCUT2D eigenvalue weighted by Crippen LogP contribution is -2.35. The molecule has 0 aliphatic carbocycles. The maximum atomic E-state index is 5.93. The number of nitrogens with one attached hydrogen (secondary N) is 1. The molecule has 0 spiro atoms. The summed E-state index contributed by atoms with van der Waals surface area (Å²) in [6, 6.07) is 0. The molecule has 1 unspecified atom stereocenters. The molecule has 1 heterocycles. The average molecular weight is 170 g/mol. The van der Waals surface area contributed by atoms with Crippen LogP contribution in [0.25, 0.3) is 0 Å². The lowest BCUT2D eigenvalue weighted by Gasteiger charge is -2.26. The van der Waals surface area contributed by atoms with Gasteiger partial charge < -0.3 is 11.1 Å². The highest BCUT2D eigenvalue weighted by Crippen LogP contribution is 2.19. The molecule has 1 saturated heterocycles. The summed E-state index contributed by atoms with van der Waals surface area (Å²) in [6.07, 6.45) is 5.18. The summed E-state index contributed by atoms with van der Waals surface area (Å²) >= 11 is 0. The third-order valence-corrected chi connectivity index (χ3v) is 2.60. The van der Waals surface area contributed by atoms with E-state index in [0.29, 0.717) is 0 Å². The standard InChI is InChI=1S/C10H22N2/c1-10(2,11)6-5-9-4-3-7-12-8-9/h9,12H,3-8,11H2,1-2H3. The Morgan fingerprint density at radius 2 is 2.25 bits per heavy atom. The summed E-state index contributed by atoms with van der Waals surface area (Å²) in [6.45, 7) is 6.64. The van der Waals surface area contributed by atoms with Crippen molar-refractivity contribution in [2.24, 2.45) is 11.7 Å². The molecule has 0 radical (unpaired) electrons. The van der Waals surface area contributed by atoms with Gasteiger partial charge in [-0.1, -0.05) is 0 Å². The Morgan fingerprint density at radius 3 is 2.75 bits per heavy atom. The first kappa shape index (κ1) is 10.0. The maximum absolute atomic E-state index is 5.93. The second-order valence-corrected chi connectivity index (χ2v) is 4.74. The van der Waals surface area contributed by atoms with Gasteiger partial charge in [0.15, 0.2) is 0 Å². The molecule has 1 aliphatic heterocycles. The first-order valence-electron chi connectivity index (χ1n) is 5.07. The number of hydrogen-bond donors (Lipinski definition) is 2. The smallest absolute Gasteiger partial charge is 0.00971 e. The zero-order valence-electron chi connectivity index (χ0n) is 8.40. The van der Waals surface area contributed by atoms with Crippen LogP contribution in [0.2, 0.25) is 0 Å². The quantitative estimate of drug-likeness (QED) is 0.673. The fourth-order valence-corrected chi connectivity index (χ4v) is 1.75. The highest BCUT2D eigenvalue weighted by molar-refractivity contribution is 4.76. The van der Waals surface area contributed by atoms with Crippen LogP contribution < -0.4 is 11.1 Å². The van der Waals surface area contributed by atoms with Crippen molar-refractivity contribution in [1.82, 2.24) is 5.32 Å². The summed E-state index contributed by atoms with van der Waals surface area (Å²) in [7, 11) is 0. The number of piperidine rings is 1. The Morgan fingerprint density at radius 1 is 1.50 bits per heavy atom. The van der Waals surface area contributed by atoms with E-state index >= 15 is 0 Å². The minimum Gasteiger partial charge on any atom is -0.326 e. The molecule has 0 bridgehead atoms. The van der Waals surface area contributed by atoms with Crippen LogP contribution in [0, 0.1) is 5.92 Å². The van der Waals surface area contributed by atoms with E-state index in [1.165, 1.54) is 32.4 Å². The van der Waals surface area contributed by atoms with Crippen molar-refractivity contribution in [3.05, 3.63) is 0 Å².